The van der Waals surface area contributed by atoms with Crippen molar-refractivity contribution >= 4 is 51.5 Å². The molecular formula is C28H36Cl2N6OS. The normalized spacial score (nSPS) is 14.1. The first-order chi connectivity index (χ1) is 17.9. The lowest BCUT2D eigenvalue weighted by atomic mass is 10.0. The minimum Gasteiger partial charge on any atom is -0.370 e. The van der Waals surface area contributed by atoms with Crippen molar-refractivity contribution in [3.63, 3.8) is 0 Å². The molecule has 1 fully saturated rings. The number of likely N-dealkylation sites (tertiary alicyclic amines) is 1. The molecule has 4 rings (SSSR count). The first kappa shape index (κ1) is 29.9. The van der Waals surface area contributed by atoms with E-state index < -0.39 is 0 Å². The van der Waals surface area contributed by atoms with E-state index in [-0.39, 0.29) is 25.3 Å². The lowest BCUT2D eigenvalue weighted by Crippen LogP contribution is -2.44. The number of carbonyl (C=O) groups is 1. The average Bonchev–Trinajstić information content (AvgIpc) is 3.33. The van der Waals surface area contributed by atoms with Gasteiger partial charge in [-0.3, -0.25) is 9.69 Å². The van der Waals surface area contributed by atoms with Gasteiger partial charge >= 0.3 is 0 Å². The molecule has 0 aliphatic carbocycles. The molecule has 5 N–H and O–H groups in total. The smallest absolute Gasteiger partial charge is 0.220 e. The number of benzene rings is 2. The topological polar surface area (TPSA) is 110 Å². The molecule has 1 aliphatic rings. The summed E-state index contributed by atoms with van der Waals surface area (Å²) >= 11 is 13.5. The van der Waals surface area contributed by atoms with Crippen molar-refractivity contribution in [2.24, 2.45) is 16.5 Å². The summed E-state index contributed by atoms with van der Waals surface area (Å²) in [6, 6.07) is 14.4. The van der Waals surface area contributed by atoms with Gasteiger partial charge in [0.25, 0.3) is 0 Å². The fourth-order valence-electron chi connectivity index (χ4n) is 4.45. The molecule has 0 radical (unpaired) electrons. The van der Waals surface area contributed by atoms with Crippen LogP contribution in [-0.2, 0) is 17.8 Å². The number of halogens is 2. The number of hydrogen-bond acceptors (Lipinski definition) is 5. The maximum absolute atomic E-state index is 12.5. The van der Waals surface area contributed by atoms with Crippen LogP contribution in [0.3, 0.4) is 0 Å². The molecule has 204 valence electrons. The highest BCUT2D eigenvalue weighted by molar-refractivity contribution is 7.13. The molecule has 0 bridgehead atoms. The van der Waals surface area contributed by atoms with Gasteiger partial charge in [-0.1, -0.05) is 61.0 Å². The van der Waals surface area contributed by atoms with Gasteiger partial charge in [0.2, 0.25) is 11.0 Å². The highest BCUT2D eigenvalue weighted by Gasteiger charge is 2.20. The Labute approximate surface area is 239 Å². The molecule has 0 spiro atoms. The maximum atomic E-state index is 12.5. The number of nitrogens with two attached hydrogens (primary N) is 2. The standard InChI is InChI=1S/C27H32Cl2N6OS.CH4/c28-22-10-7-19(15-23(22)29)16-35-13-11-21(12-14-35)32-25(36)4-2-1-3-18-5-8-20(9-6-18)24-17-37-27(33-24)34-26(30)31;/h5-10,15,17,21H,1-4,11-14,16H2,(H,32,36)(H4,30,31,33,34);1H4. The maximum Gasteiger partial charge on any atom is 0.220 e. The molecule has 1 aliphatic heterocycles. The second-order valence-electron chi connectivity index (χ2n) is 9.32. The molecule has 7 nitrogen and oxygen atoms in total. The van der Waals surface area contributed by atoms with Gasteiger partial charge in [0.1, 0.15) is 0 Å². The molecule has 0 atom stereocenters. The van der Waals surface area contributed by atoms with Crippen LogP contribution in [0.4, 0.5) is 5.13 Å². The van der Waals surface area contributed by atoms with E-state index in [0.717, 1.165) is 68.6 Å². The van der Waals surface area contributed by atoms with Crippen molar-refractivity contribution in [1.82, 2.24) is 15.2 Å². The Kier molecular flexibility index (Phi) is 11.4. The summed E-state index contributed by atoms with van der Waals surface area (Å²) in [6.45, 7) is 2.76. The van der Waals surface area contributed by atoms with Gasteiger partial charge < -0.3 is 16.8 Å². The fourth-order valence-corrected chi connectivity index (χ4v) is 5.48. The Morgan fingerprint density at radius 3 is 2.45 bits per heavy atom. The number of thiazole rings is 1. The molecular weight excluding hydrogens is 539 g/mol. The lowest BCUT2D eigenvalue weighted by molar-refractivity contribution is -0.122. The number of nitrogens with one attached hydrogen (secondary N) is 1. The molecule has 2 heterocycles. The number of unbranched alkanes of at least 4 members (excludes halogenated alkanes) is 1. The minimum atomic E-state index is 0. The molecule has 3 aromatic rings. The van der Waals surface area contributed by atoms with Crippen LogP contribution in [0, 0.1) is 0 Å². The van der Waals surface area contributed by atoms with Gasteiger partial charge in [0.05, 0.1) is 15.7 Å². The number of aryl methyl sites for hydroxylation is 1. The summed E-state index contributed by atoms with van der Waals surface area (Å²) in [7, 11) is 0. The van der Waals surface area contributed by atoms with Crippen molar-refractivity contribution in [2.45, 2.75) is 58.5 Å². The molecule has 38 heavy (non-hydrogen) atoms. The summed E-state index contributed by atoms with van der Waals surface area (Å²) in [5.74, 6) is 0.157. The van der Waals surface area contributed by atoms with Crippen LogP contribution in [-0.4, -0.2) is 40.9 Å². The minimum absolute atomic E-state index is 0. The van der Waals surface area contributed by atoms with Gasteiger partial charge in [-0.25, -0.2) is 4.98 Å². The SMILES string of the molecule is C.NC(N)=Nc1nc(-c2ccc(CCCCC(=O)NC3CCN(Cc4ccc(Cl)c(Cl)c4)CC3)cc2)cs1. The molecule has 2 aromatic carbocycles. The number of aromatic nitrogens is 1. The first-order valence-electron chi connectivity index (χ1n) is 12.5. The van der Waals surface area contributed by atoms with Crippen LogP contribution in [0.5, 0.6) is 0 Å². The number of amides is 1. The highest BCUT2D eigenvalue weighted by Crippen LogP contribution is 2.27. The fraction of sp³-hybridized carbons (Fsp3) is 0.393. The molecule has 1 saturated heterocycles. The van der Waals surface area contributed by atoms with E-state index >= 15 is 0 Å². The van der Waals surface area contributed by atoms with Gasteiger partial charge in [-0.15, -0.1) is 11.3 Å². The van der Waals surface area contributed by atoms with Gasteiger partial charge in [0, 0.05) is 43.0 Å². The summed E-state index contributed by atoms with van der Waals surface area (Å²) in [5.41, 5.74) is 15.1. The summed E-state index contributed by atoms with van der Waals surface area (Å²) in [5, 5.41) is 6.88. The number of rotatable bonds is 10. The highest BCUT2D eigenvalue weighted by atomic mass is 35.5. The first-order valence-corrected chi connectivity index (χ1v) is 14.1. The Morgan fingerprint density at radius 2 is 1.76 bits per heavy atom. The van der Waals surface area contributed by atoms with E-state index in [0.29, 0.717) is 21.6 Å². The van der Waals surface area contributed by atoms with Crippen LogP contribution >= 0.6 is 34.5 Å². The van der Waals surface area contributed by atoms with Crippen LogP contribution in [0.1, 0.15) is 50.7 Å². The van der Waals surface area contributed by atoms with E-state index in [1.807, 2.05) is 23.6 Å². The molecule has 1 amide bonds. The summed E-state index contributed by atoms with van der Waals surface area (Å²) in [4.78, 5) is 23.3. The average molecular weight is 576 g/mol. The third-order valence-corrected chi connectivity index (χ3v) is 7.90. The quantitative estimate of drug-likeness (QED) is 0.153. The molecule has 0 saturated carbocycles. The second kappa shape index (κ2) is 14.5. The van der Waals surface area contributed by atoms with Crippen LogP contribution in [0.25, 0.3) is 11.3 Å². The zero-order valence-electron chi connectivity index (χ0n) is 20.6. The predicted molar refractivity (Wildman–Crippen MR) is 160 cm³/mol. The number of aliphatic imine (C=N–C) groups is 1. The van der Waals surface area contributed by atoms with E-state index in [1.54, 1.807) is 0 Å². The van der Waals surface area contributed by atoms with Crippen LogP contribution < -0.4 is 16.8 Å². The van der Waals surface area contributed by atoms with Gasteiger partial charge in [-0.05, 0) is 55.4 Å². The van der Waals surface area contributed by atoms with Crippen molar-refractivity contribution < 1.29 is 4.79 Å². The Balaban J connectivity index is 0.00000400. The summed E-state index contributed by atoms with van der Waals surface area (Å²) in [6.07, 6.45) is 5.28. The van der Waals surface area contributed by atoms with Gasteiger partial charge in [0.15, 0.2) is 5.96 Å². The van der Waals surface area contributed by atoms with E-state index in [4.69, 9.17) is 34.7 Å². The van der Waals surface area contributed by atoms with Crippen molar-refractivity contribution in [2.75, 3.05) is 13.1 Å². The molecule has 0 unspecified atom stereocenters. The largest absolute Gasteiger partial charge is 0.370 e. The van der Waals surface area contributed by atoms with Crippen molar-refractivity contribution in [3.05, 3.63) is 69.0 Å². The number of hydrogen-bond donors (Lipinski definition) is 3. The van der Waals surface area contributed by atoms with Gasteiger partial charge in [-0.2, -0.15) is 4.99 Å². The number of piperidine rings is 1. The predicted octanol–water partition coefficient (Wildman–Crippen LogP) is 6.15. The zero-order valence-corrected chi connectivity index (χ0v) is 23.0. The number of guanidine groups is 1. The Hall–Kier alpha value is -2.65. The van der Waals surface area contributed by atoms with Crippen LogP contribution in [0.15, 0.2) is 52.8 Å². The second-order valence-corrected chi connectivity index (χ2v) is 11.0. The number of nitrogens with zero attached hydrogens (tertiary/aromatic N) is 3. The van der Waals surface area contributed by atoms with Crippen molar-refractivity contribution in [3.8, 4) is 11.3 Å². The number of carbonyl (C=O) groups excluding carboxylic acids is 1. The third kappa shape index (κ3) is 8.98. The third-order valence-electron chi connectivity index (χ3n) is 6.43. The van der Waals surface area contributed by atoms with Crippen molar-refractivity contribution in [1.29, 1.82) is 0 Å². The summed E-state index contributed by atoms with van der Waals surface area (Å²) < 4.78 is 0. The van der Waals surface area contributed by atoms with E-state index in [1.165, 1.54) is 16.9 Å². The lowest BCUT2D eigenvalue weighted by Gasteiger charge is -2.32. The Bertz CT molecular complexity index is 1220. The van der Waals surface area contributed by atoms with E-state index in [2.05, 4.69) is 44.5 Å². The Morgan fingerprint density at radius 1 is 1.05 bits per heavy atom. The zero-order chi connectivity index (χ0) is 26.2. The van der Waals surface area contributed by atoms with E-state index in [9.17, 15) is 4.79 Å². The molecule has 10 heteroatoms. The monoisotopic (exact) mass is 574 g/mol. The molecule has 1 aromatic heterocycles. The van der Waals surface area contributed by atoms with Crippen LogP contribution in [0.2, 0.25) is 10.0 Å².